The number of rotatable bonds is 0. The van der Waals surface area contributed by atoms with Crippen molar-refractivity contribution in [2.45, 2.75) is 0 Å². The summed E-state index contributed by atoms with van der Waals surface area (Å²) in [7, 11) is 0. The van der Waals surface area contributed by atoms with Crippen LogP contribution in [0.25, 0.3) is 0 Å². The van der Waals surface area contributed by atoms with Crippen LogP contribution in [0.4, 0.5) is 0 Å². The van der Waals surface area contributed by atoms with E-state index >= 15 is 0 Å². The third-order valence-electron chi connectivity index (χ3n) is 0. The molecule has 0 saturated carbocycles. The Kier molecular flexibility index (Phi) is 2440. The van der Waals surface area contributed by atoms with E-state index < -0.39 is 0 Å². The van der Waals surface area contributed by atoms with Crippen molar-refractivity contribution in [3.63, 3.8) is 0 Å². The normalized spacial score (nSPS) is 0.750. The maximum absolute atomic E-state index is 4.69. The van der Waals surface area contributed by atoms with Crippen LogP contribution in [0.5, 0.6) is 0 Å². The second-order valence-electron chi connectivity index (χ2n) is 0. The second kappa shape index (κ2) is 188. The average Bonchev–Trinajstić information content (AvgIpc) is 1.00. The van der Waals surface area contributed by atoms with Crippen LogP contribution in [0.15, 0.2) is 0 Å². The van der Waals surface area contributed by atoms with Gasteiger partial charge in [-0.05, 0) is 0 Å². The molecule has 0 rings (SSSR count). The van der Waals surface area contributed by atoms with Crippen molar-refractivity contribution < 1.29 is 78.1 Å². The molecule has 12 N–H and O–H groups in total. The zero-order valence-corrected chi connectivity index (χ0v) is 6.94. The van der Waals surface area contributed by atoms with E-state index in [1.807, 2.05) is 0 Å². The first kappa shape index (κ1) is 103. The molecule has 0 heterocycles. The van der Waals surface area contributed by atoms with Gasteiger partial charge in [0, 0.05) is 0 Å². The zero-order chi connectivity index (χ0) is 2.00. The van der Waals surface area contributed by atoms with Gasteiger partial charge in [0.25, 0.3) is 0 Å². The predicted molar refractivity (Wildman–Crippen MR) is 27.5 cm³/mol. The molecule has 0 bridgehead atoms. The van der Waals surface area contributed by atoms with E-state index in [2.05, 4.69) is 0 Å². The Balaban J connectivity index is -0.000000000333. The van der Waals surface area contributed by atoms with Crippen LogP contribution in [0.3, 0.4) is 0 Å². The van der Waals surface area contributed by atoms with Crippen LogP contribution in [0, 0.1) is 45.2 Å². The first-order chi connectivity index (χ1) is 1.00. The van der Waals surface area contributed by atoms with Gasteiger partial charge in [0.2, 0.25) is 0 Å². The fourth-order valence-corrected chi connectivity index (χ4v) is 0. The predicted octanol–water partition coefficient (Wildman–Crippen LogP) is -4.26. The summed E-state index contributed by atoms with van der Waals surface area (Å²) in [4.78, 5) is 0. The number of hydrogen-bond acceptors (Lipinski definition) is 0. The molecule has 0 aliphatic carbocycles. The van der Waals surface area contributed by atoms with Crippen LogP contribution < -0.4 is 0 Å². The fourth-order valence-electron chi connectivity index (χ4n) is 0. The molecular formula is H12ClEuO6. The van der Waals surface area contributed by atoms with Crippen molar-refractivity contribution in [2.24, 2.45) is 0 Å². The first-order valence-electron chi connectivity index (χ1n) is 0.143. The fraction of sp³-hybridized carbons (Fsp3) is 0. The number of hydrogen-bond donors (Lipinski definition) is 0. The van der Waals surface area contributed by atoms with E-state index in [0.717, 1.165) is 0 Å². The Hall–Kier alpha value is 1.63. The van der Waals surface area contributed by atoms with Crippen molar-refractivity contribution in [3.05, 3.63) is 0 Å². The Morgan fingerprint density at radius 3 is 0.500 bits per heavy atom. The third-order valence-corrected chi connectivity index (χ3v) is 0. The quantitative estimate of drug-likeness (QED) is 0.418. The van der Waals surface area contributed by atoms with Gasteiger partial charge in [-0.15, -0.1) is 0 Å². The molecule has 62 valence electrons. The Morgan fingerprint density at radius 1 is 0.500 bits per heavy atom. The third kappa shape index (κ3) is 126. The summed E-state index contributed by atoms with van der Waals surface area (Å²) in [6.07, 6.45) is 0. The molecule has 8 heteroatoms. The SMILES string of the molecule is O.O.O.O.O.O.[Cl][Eu]. The minimum absolute atomic E-state index is 0. The summed E-state index contributed by atoms with van der Waals surface area (Å²) in [6, 6.07) is 0. The van der Waals surface area contributed by atoms with Gasteiger partial charge in [-0.3, -0.25) is 0 Å². The topological polar surface area (TPSA) is 189 Å². The van der Waals surface area contributed by atoms with Crippen molar-refractivity contribution in [1.82, 2.24) is 0 Å². The Labute approximate surface area is 81.1 Å². The van der Waals surface area contributed by atoms with Crippen LogP contribution in [0.1, 0.15) is 0 Å². The molecule has 0 amide bonds. The van der Waals surface area contributed by atoms with Crippen molar-refractivity contribution >= 4 is 4.16 Å². The second-order valence-corrected chi connectivity index (χ2v) is 0. The molecule has 0 aromatic heterocycles. The van der Waals surface area contributed by atoms with Gasteiger partial charge in [0.1, 0.15) is 0 Å². The van der Waals surface area contributed by atoms with Crippen LogP contribution in [-0.2, 0) is 0 Å². The molecule has 0 spiro atoms. The molecular weight excluding hydrogens is 283 g/mol. The maximum atomic E-state index is 4.69. The average molecular weight is 296 g/mol. The minimum atomic E-state index is 0. The van der Waals surface area contributed by atoms with Crippen molar-refractivity contribution in [3.8, 4) is 0 Å². The van der Waals surface area contributed by atoms with Crippen molar-refractivity contribution in [2.75, 3.05) is 0 Å². The van der Waals surface area contributed by atoms with Gasteiger partial charge >= 0.3 is 49.4 Å². The molecule has 0 fully saturated rings. The van der Waals surface area contributed by atoms with E-state index in [0.29, 0.717) is 0 Å². The van der Waals surface area contributed by atoms with Crippen LogP contribution >= 0.6 is 4.16 Å². The van der Waals surface area contributed by atoms with Gasteiger partial charge in [-0.1, -0.05) is 0 Å². The molecule has 0 unspecified atom stereocenters. The van der Waals surface area contributed by atoms with Gasteiger partial charge in [0.05, 0.1) is 0 Å². The van der Waals surface area contributed by atoms with Gasteiger partial charge in [-0.2, -0.15) is 0 Å². The van der Waals surface area contributed by atoms with E-state index in [9.17, 15) is 0 Å². The summed E-state index contributed by atoms with van der Waals surface area (Å²) < 4.78 is 4.69. The van der Waals surface area contributed by atoms with Crippen LogP contribution in [0.2, 0.25) is 0 Å². The molecule has 0 atom stereocenters. The zero-order valence-electron chi connectivity index (χ0n) is 3.76. The molecule has 0 aliphatic heterocycles. The first-order valence-corrected chi connectivity index (χ1v) is 3.18. The summed E-state index contributed by atoms with van der Waals surface area (Å²) in [5, 5.41) is 0. The van der Waals surface area contributed by atoms with Gasteiger partial charge in [-0.25, -0.2) is 0 Å². The van der Waals surface area contributed by atoms with E-state index in [-0.39, 0.29) is 32.9 Å². The van der Waals surface area contributed by atoms with Gasteiger partial charge < -0.3 is 32.9 Å². The van der Waals surface area contributed by atoms with Crippen molar-refractivity contribution in [1.29, 1.82) is 0 Å². The molecule has 0 aromatic rings. The summed E-state index contributed by atoms with van der Waals surface area (Å²) in [6.45, 7) is 0. The molecule has 0 radical (unpaired) electrons. The molecule has 8 heavy (non-hydrogen) atoms. The number of halogens is 1. The van der Waals surface area contributed by atoms with E-state index in [1.54, 1.807) is 0 Å². The molecule has 0 saturated heterocycles. The Bertz CT molecular complexity index is 8.49. The van der Waals surface area contributed by atoms with E-state index in [1.165, 1.54) is 45.2 Å². The van der Waals surface area contributed by atoms with Gasteiger partial charge in [0.15, 0.2) is 0 Å². The van der Waals surface area contributed by atoms with Crippen LogP contribution in [-0.4, -0.2) is 32.9 Å². The Morgan fingerprint density at radius 2 is 0.500 bits per heavy atom. The summed E-state index contributed by atoms with van der Waals surface area (Å²) in [5.41, 5.74) is 0. The standard InChI is InChI=1S/ClH.Eu.6H2O/h1H;;6*1H2/q;+1;;;;;;/p-1. The molecule has 0 aliphatic rings. The molecule has 0 aromatic carbocycles. The molecule has 6 nitrogen and oxygen atoms in total. The van der Waals surface area contributed by atoms with E-state index in [4.69, 9.17) is 4.16 Å². The summed E-state index contributed by atoms with van der Waals surface area (Å²) >= 11 is 1.19. The monoisotopic (exact) mass is 296 g/mol. The summed E-state index contributed by atoms with van der Waals surface area (Å²) in [5.74, 6) is 0.